The number of nitrogens with zero attached hydrogens (tertiary/aromatic N) is 1. The van der Waals surface area contributed by atoms with Gasteiger partial charge in [0.25, 0.3) is 5.69 Å². The van der Waals surface area contributed by atoms with Crippen molar-refractivity contribution in [1.82, 2.24) is 10.6 Å². The topological polar surface area (TPSA) is 67.2 Å². The Bertz CT molecular complexity index is 489. The second-order valence-corrected chi connectivity index (χ2v) is 5.15. The predicted molar refractivity (Wildman–Crippen MR) is 78.0 cm³/mol. The number of benzene rings is 1. The zero-order valence-electron chi connectivity index (χ0n) is 10.8. The first-order chi connectivity index (χ1) is 9.11. The highest BCUT2D eigenvalue weighted by Gasteiger charge is 2.29. The summed E-state index contributed by atoms with van der Waals surface area (Å²) in [5, 5.41) is 17.6. The second-order valence-electron chi connectivity index (χ2n) is 4.74. The summed E-state index contributed by atoms with van der Waals surface area (Å²) in [5.74, 6) is 0.494. The summed E-state index contributed by atoms with van der Waals surface area (Å²) in [4.78, 5) is 10.5. The first-order valence-electron chi connectivity index (χ1n) is 6.34. The summed E-state index contributed by atoms with van der Waals surface area (Å²) < 4.78 is 0. The maximum atomic E-state index is 10.9. The molecule has 0 amide bonds. The minimum absolute atomic E-state index is 0.0496. The quantitative estimate of drug-likeness (QED) is 0.503. The number of thiocarbonyl (C=S) groups is 1. The van der Waals surface area contributed by atoms with Crippen LogP contribution in [0.1, 0.15) is 30.9 Å². The fourth-order valence-electron chi connectivity index (χ4n) is 2.29. The molecule has 6 heteroatoms. The van der Waals surface area contributed by atoms with Crippen LogP contribution in [0, 0.1) is 16.0 Å². The molecule has 1 aromatic rings. The third-order valence-electron chi connectivity index (χ3n) is 3.58. The molecule has 2 N–H and O–H groups in total. The van der Waals surface area contributed by atoms with E-state index in [0.29, 0.717) is 11.0 Å². The van der Waals surface area contributed by atoms with E-state index >= 15 is 0 Å². The lowest BCUT2D eigenvalue weighted by atomic mass is 9.77. The predicted octanol–water partition coefficient (Wildman–Crippen LogP) is 2.53. The molecule has 2 rings (SSSR count). The lowest BCUT2D eigenvalue weighted by molar-refractivity contribution is -0.384. The summed E-state index contributed by atoms with van der Waals surface area (Å²) in [6.45, 7) is 0. The van der Waals surface area contributed by atoms with E-state index in [-0.39, 0.29) is 16.7 Å². The molecule has 1 fully saturated rings. The monoisotopic (exact) mass is 279 g/mol. The van der Waals surface area contributed by atoms with Crippen LogP contribution >= 0.6 is 12.2 Å². The average molecular weight is 279 g/mol. The van der Waals surface area contributed by atoms with Crippen molar-refractivity contribution in [1.29, 1.82) is 0 Å². The standard InChI is InChI=1S/C13H17N3O2S/c1-14-13(19)15-12(9-4-2-5-9)10-6-3-7-11(8-10)16(17)18/h3,6-9,12H,2,4-5H2,1H3,(H2,14,15,19). The Morgan fingerprint density at radius 1 is 1.53 bits per heavy atom. The Balaban J connectivity index is 2.23. The zero-order chi connectivity index (χ0) is 13.8. The van der Waals surface area contributed by atoms with Gasteiger partial charge >= 0.3 is 0 Å². The highest BCUT2D eigenvalue weighted by Crippen LogP contribution is 2.38. The normalized spacial score (nSPS) is 16.3. The number of nitrogens with one attached hydrogen (secondary N) is 2. The van der Waals surface area contributed by atoms with Crippen LogP contribution in [-0.2, 0) is 0 Å². The van der Waals surface area contributed by atoms with Crippen molar-refractivity contribution >= 4 is 23.0 Å². The Labute approximate surface area is 117 Å². The van der Waals surface area contributed by atoms with Crippen LogP contribution in [0.25, 0.3) is 0 Å². The van der Waals surface area contributed by atoms with Crippen LogP contribution in [0.3, 0.4) is 0 Å². The molecule has 1 aliphatic carbocycles. The number of nitro benzene ring substituents is 1. The Hall–Kier alpha value is -1.69. The van der Waals surface area contributed by atoms with Crippen molar-refractivity contribution in [3.8, 4) is 0 Å². The summed E-state index contributed by atoms with van der Waals surface area (Å²) in [7, 11) is 1.76. The maximum absolute atomic E-state index is 10.9. The zero-order valence-corrected chi connectivity index (χ0v) is 11.6. The molecule has 0 radical (unpaired) electrons. The van der Waals surface area contributed by atoms with Gasteiger partial charge in [-0.1, -0.05) is 18.6 Å². The Kier molecular flexibility index (Phi) is 4.31. The molecular weight excluding hydrogens is 262 g/mol. The van der Waals surface area contributed by atoms with E-state index < -0.39 is 0 Å². The van der Waals surface area contributed by atoms with E-state index in [2.05, 4.69) is 10.6 Å². The van der Waals surface area contributed by atoms with Gasteiger partial charge in [0, 0.05) is 19.2 Å². The van der Waals surface area contributed by atoms with Crippen molar-refractivity contribution in [2.24, 2.45) is 5.92 Å². The van der Waals surface area contributed by atoms with E-state index in [1.165, 1.54) is 12.5 Å². The number of hydrogen-bond acceptors (Lipinski definition) is 3. The van der Waals surface area contributed by atoms with Crippen molar-refractivity contribution in [2.45, 2.75) is 25.3 Å². The molecule has 1 unspecified atom stereocenters. The van der Waals surface area contributed by atoms with Crippen LogP contribution in [0.15, 0.2) is 24.3 Å². The largest absolute Gasteiger partial charge is 0.366 e. The molecule has 5 nitrogen and oxygen atoms in total. The Morgan fingerprint density at radius 3 is 2.79 bits per heavy atom. The van der Waals surface area contributed by atoms with Crippen molar-refractivity contribution < 1.29 is 4.92 Å². The molecule has 1 atom stereocenters. The SMILES string of the molecule is CNC(=S)NC(c1cccc([N+](=O)[O-])c1)C1CCC1. The van der Waals surface area contributed by atoms with Crippen LogP contribution in [-0.4, -0.2) is 17.1 Å². The number of hydrogen-bond donors (Lipinski definition) is 2. The van der Waals surface area contributed by atoms with Gasteiger partial charge in [-0.2, -0.15) is 0 Å². The van der Waals surface area contributed by atoms with E-state index in [0.717, 1.165) is 18.4 Å². The molecule has 0 bridgehead atoms. The number of non-ortho nitro benzene ring substituents is 1. The molecular formula is C13H17N3O2S. The van der Waals surface area contributed by atoms with Crippen LogP contribution < -0.4 is 10.6 Å². The summed E-state index contributed by atoms with van der Waals surface area (Å²) in [6, 6.07) is 6.84. The molecule has 0 aromatic heterocycles. The lowest BCUT2D eigenvalue weighted by Crippen LogP contribution is -2.40. The van der Waals surface area contributed by atoms with Crippen molar-refractivity contribution in [3.05, 3.63) is 39.9 Å². The lowest BCUT2D eigenvalue weighted by Gasteiger charge is -2.35. The summed E-state index contributed by atoms with van der Waals surface area (Å²) in [5.41, 5.74) is 1.05. The highest BCUT2D eigenvalue weighted by atomic mass is 32.1. The van der Waals surface area contributed by atoms with Gasteiger partial charge in [0.2, 0.25) is 0 Å². The van der Waals surface area contributed by atoms with Gasteiger partial charge in [0.05, 0.1) is 11.0 Å². The molecule has 0 saturated heterocycles. The fourth-order valence-corrected chi connectivity index (χ4v) is 2.42. The molecule has 0 heterocycles. The van der Waals surface area contributed by atoms with Crippen LogP contribution in [0.5, 0.6) is 0 Å². The van der Waals surface area contributed by atoms with Crippen molar-refractivity contribution in [3.63, 3.8) is 0 Å². The third-order valence-corrected chi connectivity index (χ3v) is 3.90. The minimum atomic E-state index is -0.363. The summed E-state index contributed by atoms with van der Waals surface area (Å²) in [6.07, 6.45) is 3.48. The van der Waals surface area contributed by atoms with Gasteiger partial charge in [-0.25, -0.2) is 0 Å². The summed E-state index contributed by atoms with van der Waals surface area (Å²) >= 11 is 5.15. The molecule has 1 aliphatic rings. The number of nitro groups is 1. The van der Waals surface area contributed by atoms with Crippen LogP contribution in [0.4, 0.5) is 5.69 Å². The van der Waals surface area contributed by atoms with Crippen molar-refractivity contribution in [2.75, 3.05) is 7.05 Å². The molecule has 0 aliphatic heterocycles. The minimum Gasteiger partial charge on any atom is -0.366 e. The van der Waals surface area contributed by atoms with E-state index in [1.807, 2.05) is 6.07 Å². The third kappa shape index (κ3) is 3.20. The molecule has 1 aromatic carbocycles. The molecule has 19 heavy (non-hydrogen) atoms. The van der Waals surface area contributed by atoms with Gasteiger partial charge in [-0.3, -0.25) is 10.1 Å². The smallest absolute Gasteiger partial charge is 0.269 e. The van der Waals surface area contributed by atoms with Gasteiger partial charge in [-0.05, 0) is 36.5 Å². The van der Waals surface area contributed by atoms with Gasteiger partial charge in [-0.15, -0.1) is 0 Å². The number of rotatable bonds is 4. The van der Waals surface area contributed by atoms with Crippen LogP contribution in [0.2, 0.25) is 0 Å². The average Bonchev–Trinajstić information content (AvgIpc) is 2.35. The van der Waals surface area contributed by atoms with E-state index in [9.17, 15) is 10.1 Å². The second kappa shape index (κ2) is 5.97. The molecule has 102 valence electrons. The van der Waals surface area contributed by atoms with E-state index in [4.69, 9.17) is 12.2 Å². The first-order valence-corrected chi connectivity index (χ1v) is 6.75. The first kappa shape index (κ1) is 13.7. The molecule has 0 spiro atoms. The van der Waals surface area contributed by atoms with Gasteiger partial charge < -0.3 is 10.6 Å². The van der Waals surface area contributed by atoms with Gasteiger partial charge in [0.1, 0.15) is 0 Å². The van der Waals surface area contributed by atoms with E-state index in [1.54, 1.807) is 19.2 Å². The highest BCUT2D eigenvalue weighted by molar-refractivity contribution is 7.80. The Morgan fingerprint density at radius 2 is 2.26 bits per heavy atom. The molecule has 1 saturated carbocycles. The van der Waals surface area contributed by atoms with Gasteiger partial charge in [0.15, 0.2) is 5.11 Å². The maximum Gasteiger partial charge on any atom is 0.269 e. The fraction of sp³-hybridized carbons (Fsp3) is 0.462.